The van der Waals surface area contributed by atoms with Crippen LogP contribution < -0.4 is 4.74 Å². The first-order valence-corrected chi connectivity index (χ1v) is 11.9. The monoisotopic (exact) mass is 548 g/mol. The number of alkyl halides is 3. The predicted octanol–water partition coefficient (Wildman–Crippen LogP) is 7.34. The number of carbonyl (C=O) groups is 1. The Labute approximate surface area is 221 Å². The van der Waals surface area contributed by atoms with Gasteiger partial charge in [-0.25, -0.2) is 0 Å². The van der Waals surface area contributed by atoms with E-state index in [0.717, 1.165) is 11.6 Å². The number of aliphatic carboxylic acids is 1. The summed E-state index contributed by atoms with van der Waals surface area (Å²) in [6.07, 6.45) is -4.93. The molecule has 1 atom stereocenters. The van der Waals surface area contributed by atoms with Crippen molar-refractivity contribution in [3.05, 3.63) is 105 Å². The van der Waals surface area contributed by atoms with E-state index in [2.05, 4.69) is 5.10 Å². The molecule has 4 aromatic rings. The van der Waals surface area contributed by atoms with Gasteiger partial charge in [-0.2, -0.15) is 18.3 Å². The van der Waals surface area contributed by atoms with E-state index < -0.39 is 23.6 Å². The summed E-state index contributed by atoms with van der Waals surface area (Å²) >= 11 is 12.3. The molecule has 192 valence electrons. The van der Waals surface area contributed by atoms with Crippen LogP contribution in [-0.4, -0.2) is 28.0 Å². The standard InChI is InChI=1S/C27H21Cl2F3N2O3/c1-37-19-9-6-16(7-10-19)15-34-25(17-8-11-23(28)24(29)12-17)14-18(33-34)13-21(26(35)36)20-4-2-3-5-22(20)27(30,31)32/h2-12,14,21H,13,15H2,1H3,(H,35,36). The number of hydrogen-bond donors (Lipinski definition) is 1. The molecular weight excluding hydrogens is 528 g/mol. The van der Waals surface area contributed by atoms with Crippen LogP contribution in [0.25, 0.3) is 11.3 Å². The minimum absolute atomic E-state index is 0.244. The number of hydrogen-bond acceptors (Lipinski definition) is 3. The number of carboxylic acids is 1. The fourth-order valence-electron chi connectivity index (χ4n) is 4.08. The lowest BCUT2D eigenvalue weighted by Gasteiger charge is -2.17. The summed E-state index contributed by atoms with van der Waals surface area (Å²) in [6.45, 7) is 0.316. The summed E-state index contributed by atoms with van der Waals surface area (Å²) in [7, 11) is 1.56. The van der Waals surface area contributed by atoms with Gasteiger partial charge in [0.2, 0.25) is 0 Å². The maximum atomic E-state index is 13.6. The van der Waals surface area contributed by atoms with Crippen LogP contribution in [0.4, 0.5) is 13.2 Å². The Bertz CT molecular complexity index is 1420. The Morgan fingerprint density at radius 2 is 1.73 bits per heavy atom. The Morgan fingerprint density at radius 3 is 2.35 bits per heavy atom. The van der Waals surface area contributed by atoms with Gasteiger partial charge in [0, 0.05) is 12.0 Å². The topological polar surface area (TPSA) is 64.4 Å². The molecule has 0 radical (unpaired) electrons. The van der Waals surface area contributed by atoms with E-state index in [-0.39, 0.29) is 12.0 Å². The van der Waals surface area contributed by atoms with Crippen molar-refractivity contribution in [2.75, 3.05) is 7.11 Å². The molecule has 0 aliphatic carbocycles. The molecule has 1 aromatic heterocycles. The van der Waals surface area contributed by atoms with Gasteiger partial charge in [0.05, 0.1) is 46.6 Å². The van der Waals surface area contributed by atoms with Gasteiger partial charge in [-0.05, 0) is 47.5 Å². The number of rotatable bonds is 8. The molecule has 0 aliphatic rings. The molecule has 3 aromatic carbocycles. The smallest absolute Gasteiger partial charge is 0.416 e. The number of halogens is 5. The fourth-order valence-corrected chi connectivity index (χ4v) is 4.38. The molecular formula is C27H21Cl2F3N2O3. The van der Waals surface area contributed by atoms with Crippen LogP contribution in [0.2, 0.25) is 10.0 Å². The summed E-state index contributed by atoms with van der Waals surface area (Å²) < 4.78 is 47.7. The second-order valence-electron chi connectivity index (χ2n) is 8.34. The SMILES string of the molecule is COc1ccc(Cn2nc(CC(C(=O)O)c3ccccc3C(F)(F)F)cc2-c2ccc(Cl)c(Cl)c2)cc1. The zero-order valence-electron chi connectivity index (χ0n) is 19.5. The first-order valence-electron chi connectivity index (χ1n) is 11.1. The minimum atomic E-state index is -4.69. The van der Waals surface area contributed by atoms with Crippen LogP contribution in [0.1, 0.15) is 28.3 Å². The number of ether oxygens (including phenoxy) is 1. The molecule has 0 bridgehead atoms. The van der Waals surface area contributed by atoms with Gasteiger partial charge in [-0.15, -0.1) is 0 Å². The van der Waals surface area contributed by atoms with E-state index >= 15 is 0 Å². The number of aromatic nitrogens is 2. The third-order valence-electron chi connectivity index (χ3n) is 5.89. The van der Waals surface area contributed by atoms with Gasteiger partial charge in [-0.1, -0.05) is 59.6 Å². The zero-order valence-corrected chi connectivity index (χ0v) is 21.0. The highest BCUT2D eigenvalue weighted by atomic mass is 35.5. The molecule has 0 saturated carbocycles. The largest absolute Gasteiger partial charge is 0.497 e. The van der Waals surface area contributed by atoms with Crippen molar-refractivity contribution in [1.29, 1.82) is 0 Å². The Kier molecular flexibility index (Phi) is 7.80. The maximum absolute atomic E-state index is 13.6. The minimum Gasteiger partial charge on any atom is -0.497 e. The van der Waals surface area contributed by atoms with Gasteiger partial charge in [0.15, 0.2) is 0 Å². The average molecular weight is 549 g/mol. The van der Waals surface area contributed by atoms with Crippen LogP contribution in [0, 0.1) is 0 Å². The van der Waals surface area contributed by atoms with Crippen LogP contribution in [0.3, 0.4) is 0 Å². The van der Waals surface area contributed by atoms with Crippen LogP contribution >= 0.6 is 23.2 Å². The Hall–Kier alpha value is -3.49. The normalized spacial score (nSPS) is 12.4. The lowest BCUT2D eigenvalue weighted by atomic mass is 9.90. The molecule has 10 heteroatoms. The fraction of sp³-hybridized carbons (Fsp3) is 0.185. The molecule has 0 amide bonds. The summed E-state index contributed by atoms with van der Waals surface area (Å²) in [4.78, 5) is 12.1. The van der Waals surface area contributed by atoms with E-state index in [9.17, 15) is 23.1 Å². The number of nitrogens with zero attached hydrogens (tertiary/aromatic N) is 2. The highest BCUT2D eigenvalue weighted by Crippen LogP contribution is 2.37. The van der Waals surface area contributed by atoms with E-state index in [0.29, 0.717) is 39.3 Å². The van der Waals surface area contributed by atoms with E-state index in [1.807, 2.05) is 12.1 Å². The van der Waals surface area contributed by atoms with Crippen LogP contribution in [0.5, 0.6) is 5.75 Å². The van der Waals surface area contributed by atoms with Crippen molar-refractivity contribution in [2.45, 2.75) is 25.1 Å². The van der Waals surface area contributed by atoms with Crippen molar-refractivity contribution in [2.24, 2.45) is 0 Å². The molecule has 1 heterocycles. The molecule has 0 aliphatic heterocycles. The number of carboxylic acid groups (broad SMARTS) is 1. The molecule has 0 fully saturated rings. The van der Waals surface area contributed by atoms with Gasteiger partial charge in [-0.3, -0.25) is 9.48 Å². The second-order valence-corrected chi connectivity index (χ2v) is 9.15. The summed E-state index contributed by atoms with van der Waals surface area (Å²) in [5.74, 6) is -2.15. The van der Waals surface area contributed by atoms with Gasteiger partial charge in [0.25, 0.3) is 0 Å². The predicted molar refractivity (Wildman–Crippen MR) is 135 cm³/mol. The highest BCUT2D eigenvalue weighted by molar-refractivity contribution is 6.42. The zero-order chi connectivity index (χ0) is 26.7. The summed E-state index contributed by atoms with van der Waals surface area (Å²) in [5, 5.41) is 15.1. The summed E-state index contributed by atoms with van der Waals surface area (Å²) in [5.41, 5.74) is 1.18. The van der Waals surface area contributed by atoms with E-state index in [1.54, 1.807) is 48.2 Å². The first-order chi connectivity index (χ1) is 17.6. The molecule has 1 unspecified atom stereocenters. The van der Waals surface area contributed by atoms with E-state index in [1.165, 1.54) is 18.2 Å². The third-order valence-corrected chi connectivity index (χ3v) is 6.63. The van der Waals surface area contributed by atoms with E-state index in [4.69, 9.17) is 27.9 Å². The number of benzene rings is 3. The van der Waals surface area contributed by atoms with Crippen molar-refractivity contribution >= 4 is 29.2 Å². The summed E-state index contributed by atoms with van der Waals surface area (Å²) in [6, 6.07) is 18.7. The van der Waals surface area contributed by atoms with Gasteiger partial charge < -0.3 is 9.84 Å². The molecule has 37 heavy (non-hydrogen) atoms. The first kappa shape index (κ1) is 26.6. The lowest BCUT2D eigenvalue weighted by Crippen LogP contribution is -2.20. The van der Waals surface area contributed by atoms with Crippen molar-refractivity contribution in [3.63, 3.8) is 0 Å². The molecule has 4 rings (SSSR count). The average Bonchev–Trinajstić information content (AvgIpc) is 3.26. The molecule has 1 N–H and O–H groups in total. The van der Waals surface area contributed by atoms with Gasteiger partial charge in [0.1, 0.15) is 5.75 Å². The Morgan fingerprint density at radius 1 is 1.03 bits per heavy atom. The van der Waals surface area contributed by atoms with Crippen molar-refractivity contribution in [3.8, 4) is 17.0 Å². The molecule has 0 spiro atoms. The van der Waals surface area contributed by atoms with Crippen LogP contribution in [0.15, 0.2) is 72.8 Å². The quantitative estimate of drug-likeness (QED) is 0.250. The van der Waals surface area contributed by atoms with Crippen molar-refractivity contribution < 1.29 is 27.8 Å². The maximum Gasteiger partial charge on any atom is 0.416 e. The van der Waals surface area contributed by atoms with Gasteiger partial charge >= 0.3 is 12.1 Å². The van der Waals surface area contributed by atoms with Crippen molar-refractivity contribution in [1.82, 2.24) is 9.78 Å². The Balaban J connectivity index is 1.76. The lowest BCUT2D eigenvalue weighted by molar-refractivity contribution is -0.141. The van der Waals surface area contributed by atoms with Crippen LogP contribution in [-0.2, 0) is 23.9 Å². The third kappa shape index (κ3) is 6.09. The molecule has 5 nitrogen and oxygen atoms in total. The number of methoxy groups -OCH3 is 1. The highest BCUT2D eigenvalue weighted by Gasteiger charge is 2.37. The second kappa shape index (κ2) is 10.9. The molecule has 0 saturated heterocycles.